The van der Waals surface area contributed by atoms with Gasteiger partial charge in [0.15, 0.2) is 0 Å². The average Bonchev–Trinajstić information content (AvgIpc) is 2.97. The van der Waals surface area contributed by atoms with Gasteiger partial charge in [0.2, 0.25) is 0 Å². The maximum absolute atomic E-state index is 4.45. The molecule has 0 atom stereocenters. The van der Waals surface area contributed by atoms with E-state index in [9.17, 15) is 0 Å². The summed E-state index contributed by atoms with van der Waals surface area (Å²) in [7, 11) is 2.04. The topological polar surface area (TPSA) is 29.9 Å². The van der Waals surface area contributed by atoms with Crippen molar-refractivity contribution in [3.8, 4) is 0 Å². The molecule has 0 bridgehead atoms. The first-order valence-corrected chi connectivity index (χ1v) is 6.76. The Balaban J connectivity index is 2.09. The predicted molar refractivity (Wildman–Crippen MR) is 69.6 cm³/mol. The highest BCUT2D eigenvalue weighted by atomic mass is 79.9. The quantitative estimate of drug-likeness (QED) is 0.901. The van der Waals surface area contributed by atoms with Crippen LogP contribution in [0, 0.1) is 12.3 Å². The molecule has 1 N–H and O–H groups in total. The summed E-state index contributed by atoms with van der Waals surface area (Å²) < 4.78 is 3.21. The van der Waals surface area contributed by atoms with Crippen LogP contribution in [-0.4, -0.2) is 22.9 Å². The van der Waals surface area contributed by atoms with E-state index in [2.05, 4.69) is 40.2 Å². The number of aryl methyl sites for hydroxylation is 2. The van der Waals surface area contributed by atoms with Crippen LogP contribution >= 0.6 is 15.9 Å². The predicted octanol–water partition coefficient (Wildman–Crippen LogP) is 2.42. The summed E-state index contributed by atoms with van der Waals surface area (Å²) in [6.07, 6.45) is 3.82. The smallest absolute Gasteiger partial charge is 0.0738 e. The molecule has 16 heavy (non-hydrogen) atoms. The Labute approximate surface area is 106 Å². The molecule has 1 aromatic rings. The van der Waals surface area contributed by atoms with Crippen LogP contribution in [0.3, 0.4) is 0 Å². The van der Waals surface area contributed by atoms with Gasteiger partial charge in [-0.3, -0.25) is 4.68 Å². The van der Waals surface area contributed by atoms with Gasteiger partial charge in [-0.25, -0.2) is 0 Å². The number of aromatic nitrogens is 2. The highest BCUT2D eigenvalue weighted by Crippen LogP contribution is 2.48. The third-order valence-corrected chi connectivity index (χ3v) is 4.54. The zero-order valence-electron chi connectivity index (χ0n) is 10.3. The lowest BCUT2D eigenvalue weighted by molar-refractivity contribution is 0.448. The average molecular weight is 286 g/mol. The number of nitrogens with zero attached hydrogens (tertiary/aromatic N) is 2. The monoisotopic (exact) mass is 285 g/mol. The van der Waals surface area contributed by atoms with E-state index in [4.69, 9.17) is 0 Å². The molecule has 0 spiro atoms. The van der Waals surface area contributed by atoms with Crippen molar-refractivity contribution >= 4 is 15.9 Å². The Morgan fingerprint density at radius 2 is 2.19 bits per heavy atom. The minimum atomic E-state index is 0.499. The molecular weight excluding hydrogens is 266 g/mol. The van der Waals surface area contributed by atoms with Gasteiger partial charge >= 0.3 is 0 Å². The summed E-state index contributed by atoms with van der Waals surface area (Å²) in [6.45, 7) is 6.42. The first-order chi connectivity index (χ1) is 7.58. The summed E-state index contributed by atoms with van der Waals surface area (Å²) in [5.74, 6) is 0. The van der Waals surface area contributed by atoms with Crippen LogP contribution in [0.15, 0.2) is 4.47 Å². The maximum atomic E-state index is 4.45. The molecule has 2 rings (SSSR count). The fourth-order valence-corrected chi connectivity index (χ4v) is 2.69. The molecule has 0 radical (unpaired) electrons. The molecule has 0 saturated heterocycles. The zero-order valence-corrected chi connectivity index (χ0v) is 11.9. The second-order valence-corrected chi connectivity index (χ2v) is 5.72. The van der Waals surface area contributed by atoms with Crippen LogP contribution in [-0.2, 0) is 13.5 Å². The zero-order chi connectivity index (χ0) is 11.8. The number of nitrogens with one attached hydrogen (secondary N) is 1. The summed E-state index contributed by atoms with van der Waals surface area (Å²) in [5.41, 5.74) is 2.93. The SMILES string of the molecule is CCNCC1(Cc2c(Br)c(C)nn2C)CC1. The highest BCUT2D eigenvalue weighted by molar-refractivity contribution is 9.10. The van der Waals surface area contributed by atoms with Gasteiger partial charge in [-0.1, -0.05) is 6.92 Å². The van der Waals surface area contributed by atoms with E-state index in [0.717, 1.165) is 25.2 Å². The number of halogens is 1. The van der Waals surface area contributed by atoms with E-state index < -0.39 is 0 Å². The van der Waals surface area contributed by atoms with E-state index in [0.29, 0.717) is 5.41 Å². The Kier molecular flexibility index (Phi) is 3.40. The minimum Gasteiger partial charge on any atom is -0.316 e. The van der Waals surface area contributed by atoms with Crippen LogP contribution < -0.4 is 5.32 Å². The normalized spacial score (nSPS) is 17.8. The van der Waals surface area contributed by atoms with Crippen LogP contribution in [0.25, 0.3) is 0 Å². The molecule has 1 saturated carbocycles. The number of hydrogen-bond donors (Lipinski definition) is 1. The summed E-state index contributed by atoms with van der Waals surface area (Å²) in [4.78, 5) is 0. The molecule has 1 aliphatic rings. The van der Waals surface area contributed by atoms with E-state index >= 15 is 0 Å². The maximum Gasteiger partial charge on any atom is 0.0738 e. The van der Waals surface area contributed by atoms with Crippen molar-refractivity contribution in [1.29, 1.82) is 0 Å². The molecular formula is C12H20BrN3. The molecule has 4 heteroatoms. The molecule has 0 amide bonds. The van der Waals surface area contributed by atoms with E-state index in [1.165, 1.54) is 23.0 Å². The van der Waals surface area contributed by atoms with Gasteiger partial charge in [-0.15, -0.1) is 0 Å². The van der Waals surface area contributed by atoms with Gasteiger partial charge in [0, 0.05) is 13.6 Å². The Hall–Kier alpha value is -0.350. The van der Waals surface area contributed by atoms with Gasteiger partial charge in [-0.05, 0) is 54.1 Å². The lowest BCUT2D eigenvalue weighted by Crippen LogP contribution is -2.26. The number of hydrogen-bond acceptors (Lipinski definition) is 2. The second kappa shape index (κ2) is 4.49. The standard InChI is InChI=1S/C12H20BrN3/c1-4-14-8-12(5-6-12)7-10-11(13)9(2)15-16(10)3/h14H,4-8H2,1-3H3. The van der Waals surface area contributed by atoms with Crippen molar-refractivity contribution < 1.29 is 0 Å². The Bertz CT molecular complexity index is 380. The van der Waals surface area contributed by atoms with Crippen LogP contribution in [0.5, 0.6) is 0 Å². The third kappa shape index (κ3) is 2.33. The fraction of sp³-hybridized carbons (Fsp3) is 0.750. The lowest BCUT2D eigenvalue weighted by atomic mass is 10.00. The van der Waals surface area contributed by atoms with Crippen molar-refractivity contribution in [3.63, 3.8) is 0 Å². The van der Waals surface area contributed by atoms with Crippen molar-refractivity contribution in [2.45, 2.75) is 33.1 Å². The molecule has 0 unspecified atom stereocenters. The van der Waals surface area contributed by atoms with Gasteiger partial charge < -0.3 is 5.32 Å². The molecule has 0 aromatic carbocycles. The first kappa shape index (κ1) is 12.1. The van der Waals surface area contributed by atoms with Crippen LogP contribution in [0.2, 0.25) is 0 Å². The summed E-state index contributed by atoms with van der Waals surface area (Å²) in [5, 5.41) is 7.92. The van der Waals surface area contributed by atoms with E-state index in [1.807, 2.05) is 11.7 Å². The van der Waals surface area contributed by atoms with E-state index in [1.54, 1.807) is 0 Å². The third-order valence-electron chi connectivity index (χ3n) is 3.51. The second-order valence-electron chi connectivity index (χ2n) is 4.93. The molecule has 90 valence electrons. The molecule has 1 heterocycles. The lowest BCUT2D eigenvalue weighted by Gasteiger charge is -2.15. The minimum absolute atomic E-state index is 0.499. The van der Waals surface area contributed by atoms with Crippen molar-refractivity contribution in [2.24, 2.45) is 12.5 Å². The molecule has 1 aromatic heterocycles. The molecule has 1 fully saturated rings. The van der Waals surface area contributed by atoms with Crippen LogP contribution in [0.4, 0.5) is 0 Å². The Morgan fingerprint density at radius 3 is 2.62 bits per heavy atom. The molecule has 0 aliphatic heterocycles. The molecule has 1 aliphatic carbocycles. The molecule has 3 nitrogen and oxygen atoms in total. The van der Waals surface area contributed by atoms with Gasteiger partial charge in [0.25, 0.3) is 0 Å². The van der Waals surface area contributed by atoms with Gasteiger partial charge in [0.1, 0.15) is 0 Å². The highest BCUT2D eigenvalue weighted by Gasteiger charge is 2.43. The largest absolute Gasteiger partial charge is 0.316 e. The van der Waals surface area contributed by atoms with Gasteiger partial charge in [-0.2, -0.15) is 5.10 Å². The van der Waals surface area contributed by atoms with Crippen molar-refractivity contribution in [2.75, 3.05) is 13.1 Å². The first-order valence-electron chi connectivity index (χ1n) is 5.97. The van der Waals surface area contributed by atoms with E-state index in [-0.39, 0.29) is 0 Å². The Morgan fingerprint density at radius 1 is 1.50 bits per heavy atom. The van der Waals surface area contributed by atoms with Gasteiger partial charge in [0.05, 0.1) is 15.9 Å². The van der Waals surface area contributed by atoms with Crippen LogP contribution in [0.1, 0.15) is 31.2 Å². The number of rotatable bonds is 5. The van der Waals surface area contributed by atoms with Crippen molar-refractivity contribution in [3.05, 3.63) is 15.9 Å². The summed E-state index contributed by atoms with van der Waals surface area (Å²) in [6, 6.07) is 0. The fourth-order valence-electron chi connectivity index (χ4n) is 2.21. The summed E-state index contributed by atoms with van der Waals surface area (Å²) >= 11 is 3.65. The van der Waals surface area contributed by atoms with Crippen molar-refractivity contribution in [1.82, 2.24) is 15.1 Å².